The zero-order chi connectivity index (χ0) is 23.8. The van der Waals surface area contributed by atoms with E-state index in [9.17, 15) is 9.90 Å². The molecule has 0 aliphatic heterocycles. The highest BCUT2D eigenvalue weighted by atomic mass is 16.5. The molecular formula is C27H25N3O4. The van der Waals surface area contributed by atoms with E-state index in [1.165, 1.54) is 11.8 Å². The molecule has 1 N–H and O–H groups in total. The van der Waals surface area contributed by atoms with Crippen molar-refractivity contribution in [3.63, 3.8) is 0 Å². The molecule has 3 aromatic carbocycles. The van der Waals surface area contributed by atoms with Gasteiger partial charge in [0.15, 0.2) is 0 Å². The lowest BCUT2D eigenvalue weighted by Crippen LogP contribution is -2.24. The molecule has 172 valence electrons. The predicted molar refractivity (Wildman–Crippen MR) is 130 cm³/mol. The summed E-state index contributed by atoms with van der Waals surface area (Å²) in [5, 5.41) is 9.56. The van der Waals surface area contributed by atoms with Crippen molar-refractivity contribution < 1.29 is 19.4 Å². The Hall–Kier alpha value is -4.39. The van der Waals surface area contributed by atoms with E-state index in [2.05, 4.69) is 22.1 Å². The number of likely N-dealkylation sites (N-methyl/N-ethyl adjacent to an activating group) is 1. The third kappa shape index (κ3) is 6.10. The number of carboxylic acids is 1. The van der Waals surface area contributed by atoms with Crippen molar-refractivity contribution in [2.45, 2.75) is 13.0 Å². The molecule has 34 heavy (non-hydrogen) atoms. The highest BCUT2D eigenvalue weighted by Gasteiger charge is 2.16. The number of benzene rings is 3. The Morgan fingerprint density at radius 1 is 0.882 bits per heavy atom. The van der Waals surface area contributed by atoms with Crippen molar-refractivity contribution in [1.82, 2.24) is 9.97 Å². The number of para-hydroxylation sites is 1. The Labute approximate surface area is 198 Å². The van der Waals surface area contributed by atoms with Gasteiger partial charge >= 0.3 is 5.97 Å². The highest BCUT2D eigenvalue weighted by Crippen LogP contribution is 2.24. The van der Waals surface area contributed by atoms with E-state index in [-0.39, 0.29) is 12.2 Å². The number of carbonyl (C=O) groups is 1. The summed E-state index contributed by atoms with van der Waals surface area (Å²) in [6.07, 6.45) is 2.16. The molecule has 0 radical (unpaired) electrons. The van der Waals surface area contributed by atoms with Gasteiger partial charge in [0.05, 0.1) is 5.69 Å². The topological polar surface area (TPSA) is 84.8 Å². The van der Waals surface area contributed by atoms with Crippen molar-refractivity contribution in [2.75, 3.05) is 18.5 Å². The Kier molecular flexibility index (Phi) is 7.35. The Bertz CT molecular complexity index is 1220. The molecule has 0 aliphatic carbocycles. The third-order valence-corrected chi connectivity index (χ3v) is 5.18. The maximum absolute atomic E-state index is 11.7. The van der Waals surface area contributed by atoms with Crippen molar-refractivity contribution >= 4 is 11.9 Å². The van der Waals surface area contributed by atoms with Gasteiger partial charge < -0.3 is 19.5 Å². The normalized spacial score (nSPS) is 10.5. The predicted octanol–water partition coefficient (Wildman–Crippen LogP) is 5.23. The van der Waals surface area contributed by atoms with Gasteiger partial charge in [0, 0.05) is 19.8 Å². The molecule has 4 aromatic rings. The average Bonchev–Trinajstić information content (AvgIpc) is 2.88. The molecule has 7 heteroatoms. The Morgan fingerprint density at radius 3 is 2.18 bits per heavy atom. The first kappa shape index (κ1) is 22.8. The first-order chi connectivity index (χ1) is 16.6. The molecular weight excluding hydrogens is 430 g/mol. The highest BCUT2D eigenvalue weighted by molar-refractivity contribution is 5.88. The summed E-state index contributed by atoms with van der Waals surface area (Å²) in [7, 11) is 1.88. The number of nitrogens with zero attached hydrogens (tertiary/aromatic N) is 3. The molecule has 0 saturated heterocycles. The maximum Gasteiger partial charge on any atom is 0.339 e. The van der Waals surface area contributed by atoms with Crippen molar-refractivity contribution in [3.05, 3.63) is 108 Å². The largest absolute Gasteiger partial charge is 0.487 e. The first-order valence-corrected chi connectivity index (χ1v) is 10.9. The van der Waals surface area contributed by atoms with E-state index >= 15 is 0 Å². The molecule has 1 aromatic heterocycles. The molecule has 1 heterocycles. The van der Waals surface area contributed by atoms with E-state index in [1.807, 2.05) is 60.5 Å². The van der Waals surface area contributed by atoms with E-state index in [0.717, 1.165) is 12.2 Å². The van der Waals surface area contributed by atoms with Crippen LogP contribution in [0.25, 0.3) is 0 Å². The summed E-state index contributed by atoms with van der Waals surface area (Å²) >= 11 is 0. The minimum atomic E-state index is -1.09. The van der Waals surface area contributed by atoms with Crippen LogP contribution < -0.4 is 14.4 Å². The van der Waals surface area contributed by atoms with Crippen LogP contribution in [0.5, 0.6) is 17.2 Å². The standard InChI is InChI=1S/C27H25N3O4/c1-30(17-16-20-8-4-2-5-9-20)27-28-18-24(26(31)32)25(29-27)19-33-21-12-14-23(15-13-21)34-22-10-6-3-7-11-22/h2-15,18H,16-17,19H2,1H3,(H,31,32). The van der Waals surface area contributed by atoms with Gasteiger partial charge in [-0.05, 0) is 48.4 Å². The van der Waals surface area contributed by atoms with Gasteiger partial charge in [-0.2, -0.15) is 0 Å². The van der Waals surface area contributed by atoms with Crippen LogP contribution in [0.2, 0.25) is 0 Å². The monoisotopic (exact) mass is 455 g/mol. The fourth-order valence-electron chi connectivity index (χ4n) is 3.30. The minimum Gasteiger partial charge on any atom is -0.487 e. The van der Waals surface area contributed by atoms with Gasteiger partial charge in [0.2, 0.25) is 5.95 Å². The van der Waals surface area contributed by atoms with Crippen molar-refractivity contribution in [2.24, 2.45) is 0 Å². The van der Waals surface area contributed by atoms with E-state index in [0.29, 0.717) is 29.7 Å². The van der Waals surface area contributed by atoms with E-state index in [1.54, 1.807) is 24.3 Å². The van der Waals surface area contributed by atoms with Gasteiger partial charge in [-0.25, -0.2) is 14.8 Å². The van der Waals surface area contributed by atoms with Crippen molar-refractivity contribution in [1.29, 1.82) is 0 Å². The summed E-state index contributed by atoms with van der Waals surface area (Å²) in [6, 6.07) is 26.7. The van der Waals surface area contributed by atoms with Crippen LogP contribution in [-0.4, -0.2) is 34.6 Å². The van der Waals surface area contributed by atoms with Crippen LogP contribution in [0.3, 0.4) is 0 Å². The second-order valence-corrected chi connectivity index (χ2v) is 7.67. The van der Waals surface area contributed by atoms with Crippen LogP contribution in [0.15, 0.2) is 91.1 Å². The molecule has 7 nitrogen and oxygen atoms in total. The summed E-state index contributed by atoms with van der Waals surface area (Å²) in [5.41, 5.74) is 1.54. The smallest absolute Gasteiger partial charge is 0.339 e. The van der Waals surface area contributed by atoms with Gasteiger partial charge in [-0.1, -0.05) is 48.5 Å². The van der Waals surface area contributed by atoms with E-state index in [4.69, 9.17) is 9.47 Å². The number of aromatic nitrogens is 2. The zero-order valence-electron chi connectivity index (χ0n) is 18.8. The van der Waals surface area contributed by atoms with Crippen LogP contribution >= 0.6 is 0 Å². The first-order valence-electron chi connectivity index (χ1n) is 10.9. The molecule has 0 unspecified atom stereocenters. The maximum atomic E-state index is 11.7. The number of carboxylic acid groups (broad SMARTS) is 1. The fraction of sp³-hybridized carbons (Fsp3) is 0.148. The SMILES string of the molecule is CN(CCc1ccccc1)c1ncc(C(=O)O)c(COc2ccc(Oc3ccccc3)cc2)n1. The fourth-order valence-corrected chi connectivity index (χ4v) is 3.30. The molecule has 0 atom stereocenters. The quantitative estimate of drug-likeness (QED) is 0.351. The lowest BCUT2D eigenvalue weighted by atomic mass is 10.1. The molecule has 0 spiro atoms. The second-order valence-electron chi connectivity index (χ2n) is 7.67. The molecule has 0 aliphatic rings. The van der Waals surface area contributed by atoms with Gasteiger partial charge in [-0.15, -0.1) is 0 Å². The van der Waals surface area contributed by atoms with E-state index < -0.39 is 5.97 Å². The van der Waals surface area contributed by atoms with Gasteiger partial charge in [0.25, 0.3) is 0 Å². The molecule has 0 saturated carbocycles. The number of aromatic carboxylic acids is 1. The second kappa shape index (κ2) is 11.0. The summed E-state index contributed by atoms with van der Waals surface area (Å²) < 4.78 is 11.6. The van der Waals surface area contributed by atoms with Crippen LogP contribution in [0, 0.1) is 0 Å². The number of hydrogen-bond donors (Lipinski definition) is 1. The molecule has 0 bridgehead atoms. The lowest BCUT2D eigenvalue weighted by molar-refractivity contribution is 0.0692. The van der Waals surface area contributed by atoms with Crippen LogP contribution in [0.4, 0.5) is 5.95 Å². The summed E-state index contributed by atoms with van der Waals surface area (Å²) in [6.45, 7) is 0.697. The Balaban J connectivity index is 1.41. The Morgan fingerprint density at radius 2 is 1.50 bits per heavy atom. The number of rotatable bonds is 10. The molecule has 0 fully saturated rings. The molecule has 4 rings (SSSR count). The number of hydrogen-bond acceptors (Lipinski definition) is 6. The minimum absolute atomic E-state index is 0.00255. The zero-order valence-corrected chi connectivity index (χ0v) is 18.8. The summed E-state index contributed by atoms with van der Waals surface area (Å²) in [4.78, 5) is 22.3. The lowest BCUT2D eigenvalue weighted by Gasteiger charge is -2.18. The average molecular weight is 456 g/mol. The van der Waals surface area contributed by atoms with Crippen LogP contribution in [-0.2, 0) is 13.0 Å². The third-order valence-electron chi connectivity index (χ3n) is 5.18. The van der Waals surface area contributed by atoms with Crippen molar-refractivity contribution in [3.8, 4) is 17.2 Å². The number of ether oxygens (including phenoxy) is 2. The van der Waals surface area contributed by atoms with Gasteiger partial charge in [-0.3, -0.25) is 0 Å². The van der Waals surface area contributed by atoms with Gasteiger partial charge in [0.1, 0.15) is 29.4 Å². The number of anilines is 1. The van der Waals surface area contributed by atoms with Crippen LogP contribution in [0.1, 0.15) is 21.6 Å². The molecule has 0 amide bonds. The summed E-state index contributed by atoms with van der Waals surface area (Å²) in [5.74, 6) is 1.35.